The van der Waals surface area contributed by atoms with Crippen LogP contribution in [-0.4, -0.2) is 88.0 Å². The Labute approximate surface area is 273 Å². The second-order valence-electron chi connectivity index (χ2n) is 12.8. The number of rotatable bonds is 2. The average Bonchev–Trinajstić information content (AvgIpc) is 3.75. The Morgan fingerprint density at radius 1 is 1.04 bits per heavy atom. The van der Waals surface area contributed by atoms with Crippen molar-refractivity contribution in [2.75, 3.05) is 30.4 Å². The number of hydrogen-bond acceptors (Lipinski definition) is 9. The van der Waals surface area contributed by atoms with Crippen LogP contribution in [0.1, 0.15) is 19.2 Å². The van der Waals surface area contributed by atoms with Crippen LogP contribution in [0.3, 0.4) is 0 Å². The summed E-state index contributed by atoms with van der Waals surface area (Å²) in [5, 5.41) is 20.2. The van der Waals surface area contributed by atoms with Gasteiger partial charge in [0, 0.05) is 31.3 Å². The van der Waals surface area contributed by atoms with Crippen LogP contribution >= 0.6 is 0 Å². The number of likely N-dealkylation sites (N-methyl/N-ethyl adjacent to an activating group) is 1. The molecule has 0 radical (unpaired) electrons. The summed E-state index contributed by atoms with van der Waals surface area (Å²) in [6.45, 7) is 4.26. The number of pyridine rings is 1. The van der Waals surface area contributed by atoms with E-state index in [1.165, 1.54) is 23.3 Å². The van der Waals surface area contributed by atoms with Crippen LogP contribution in [0.5, 0.6) is 0 Å². The number of fused-ring (bicyclic) bond motifs is 6. The van der Waals surface area contributed by atoms with Crippen molar-refractivity contribution in [2.45, 2.75) is 44.5 Å². The van der Waals surface area contributed by atoms with Crippen LogP contribution in [0.25, 0.3) is 39.0 Å². The van der Waals surface area contributed by atoms with Gasteiger partial charge in [0.05, 0.1) is 47.0 Å². The van der Waals surface area contributed by atoms with Crippen molar-refractivity contribution < 1.29 is 18.7 Å². The zero-order valence-electron chi connectivity index (χ0n) is 26.5. The van der Waals surface area contributed by atoms with E-state index in [0.717, 1.165) is 40.2 Å². The Balaban J connectivity index is 1.23. The highest BCUT2D eigenvalue weighted by atomic mass is 19.1. The summed E-state index contributed by atoms with van der Waals surface area (Å²) in [5.74, 6) is 0.145. The number of hydrogen-bond donors (Lipinski definition) is 2. The Kier molecular flexibility index (Phi) is 6.87. The van der Waals surface area contributed by atoms with Crippen LogP contribution in [0, 0.1) is 18.6 Å². The first-order valence-electron chi connectivity index (χ1n) is 15.6. The second kappa shape index (κ2) is 11.0. The fraction of sp³-hybridized carbons (Fsp3) is 0.294. The molecule has 0 unspecified atom stereocenters. The van der Waals surface area contributed by atoms with Gasteiger partial charge in [0.2, 0.25) is 5.91 Å². The van der Waals surface area contributed by atoms with Crippen molar-refractivity contribution in [1.29, 1.82) is 0 Å². The fourth-order valence-corrected chi connectivity index (χ4v) is 7.11. The van der Waals surface area contributed by atoms with E-state index < -0.39 is 23.3 Å². The molecule has 4 aromatic heterocycles. The molecule has 2 aromatic carbocycles. The summed E-state index contributed by atoms with van der Waals surface area (Å²) >= 11 is 0. The lowest BCUT2D eigenvalue weighted by atomic mass is 10.0. The van der Waals surface area contributed by atoms with Crippen molar-refractivity contribution in [3.8, 4) is 16.9 Å². The third-order valence-corrected chi connectivity index (χ3v) is 9.13. The molecule has 0 saturated carbocycles. The minimum Gasteiger partial charge on any atom is -0.386 e. The highest BCUT2D eigenvalue weighted by molar-refractivity contribution is 5.93. The molecule has 1 amide bonds. The second-order valence-corrected chi connectivity index (χ2v) is 12.8. The number of imidazole rings is 1. The van der Waals surface area contributed by atoms with Gasteiger partial charge in [0.25, 0.3) is 0 Å². The van der Waals surface area contributed by atoms with E-state index in [-0.39, 0.29) is 30.7 Å². The van der Waals surface area contributed by atoms with Crippen LogP contribution < -0.4 is 10.2 Å². The molecule has 244 valence electrons. The molecule has 48 heavy (non-hydrogen) atoms. The van der Waals surface area contributed by atoms with Gasteiger partial charge in [-0.15, -0.1) is 0 Å². The molecular formula is C34H32F2N10O2. The molecule has 6 aromatic rings. The number of amides is 1. The van der Waals surface area contributed by atoms with E-state index in [4.69, 9.17) is 9.97 Å². The van der Waals surface area contributed by atoms with Gasteiger partial charge in [-0.05, 0) is 50.6 Å². The lowest BCUT2D eigenvalue weighted by Gasteiger charge is -2.33. The molecule has 14 heteroatoms. The largest absolute Gasteiger partial charge is 0.386 e. The Morgan fingerprint density at radius 2 is 1.88 bits per heavy atom. The minimum absolute atomic E-state index is 0.0333. The predicted octanol–water partition coefficient (Wildman–Crippen LogP) is 4.10. The lowest BCUT2D eigenvalue weighted by Crippen LogP contribution is -2.50. The van der Waals surface area contributed by atoms with E-state index in [1.807, 2.05) is 52.8 Å². The van der Waals surface area contributed by atoms with Crippen molar-refractivity contribution >= 4 is 39.6 Å². The first-order chi connectivity index (χ1) is 23.1. The third-order valence-electron chi connectivity index (χ3n) is 9.13. The normalized spacial score (nSPS) is 21.4. The van der Waals surface area contributed by atoms with Crippen LogP contribution in [0.15, 0.2) is 67.1 Å². The average molecular weight is 651 g/mol. The quantitative estimate of drug-likeness (QED) is 0.285. The zero-order valence-corrected chi connectivity index (χ0v) is 26.5. The molecule has 1 fully saturated rings. The van der Waals surface area contributed by atoms with Gasteiger partial charge < -0.3 is 24.8 Å². The van der Waals surface area contributed by atoms with Gasteiger partial charge in [0.15, 0.2) is 11.5 Å². The summed E-state index contributed by atoms with van der Waals surface area (Å²) in [4.78, 5) is 36.4. The summed E-state index contributed by atoms with van der Waals surface area (Å²) in [5.41, 5.74) is 2.33. The maximum absolute atomic E-state index is 14.8. The monoisotopic (exact) mass is 650 g/mol. The number of β-amino-alcohol motifs (C(OH)–C–C–N with tert-alkyl or cyclic N) is 1. The number of nitrogens with zero attached hydrogens (tertiary/aromatic N) is 9. The first-order valence-corrected chi connectivity index (χ1v) is 15.6. The number of anilines is 2. The number of aromatic nitrogens is 7. The first kappa shape index (κ1) is 29.9. The summed E-state index contributed by atoms with van der Waals surface area (Å²) in [6.07, 6.45) is 3.28. The van der Waals surface area contributed by atoms with Crippen LogP contribution in [0.4, 0.5) is 20.4 Å². The zero-order chi connectivity index (χ0) is 33.3. The molecule has 3 atom stereocenters. The van der Waals surface area contributed by atoms with Crippen LogP contribution in [-0.2, 0) is 11.3 Å². The molecular weight excluding hydrogens is 618 g/mol. The Bertz CT molecular complexity index is 2230. The number of benzene rings is 2. The Morgan fingerprint density at radius 3 is 2.71 bits per heavy atom. The number of carbonyl (C=O) groups excluding carboxylic acids is 1. The van der Waals surface area contributed by atoms with E-state index in [9.17, 15) is 18.7 Å². The number of halogens is 2. The highest BCUT2D eigenvalue weighted by Gasteiger charge is 2.41. The van der Waals surface area contributed by atoms with Gasteiger partial charge >= 0.3 is 0 Å². The molecule has 2 aliphatic rings. The van der Waals surface area contributed by atoms with Crippen molar-refractivity contribution in [2.24, 2.45) is 0 Å². The summed E-state index contributed by atoms with van der Waals surface area (Å²) < 4.78 is 31.7. The van der Waals surface area contributed by atoms with Gasteiger partial charge in [-0.2, -0.15) is 5.10 Å². The van der Waals surface area contributed by atoms with E-state index in [1.54, 1.807) is 18.9 Å². The van der Waals surface area contributed by atoms with E-state index in [2.05, 4.69) is 20.4 Å². The molecule has 2 aliphatic heterocycles. The molecule has 6 heterocycles. The molecule has 2 N–H and O–H groups in total. The maximum Gasteiger partial charge on any atom is 0.245 e. The van der Waals surface area contributed by atoms with Crippen molar-refractivity contribution in [3.63, 3.8) is 0 Å². The van der Waals surface area contributed by atoms with E-state index in [0.29, 0.717) is 35.6 Å². The maximum atomic E-state index is 14.8. The predicted molar refractivity (Wildman–Crippen MR) is 176 cm³/mol. The topological polar surface area (TPSA) is 130 Å². The van der Waals surface area contributed by atoms with Gasteiger partial charge in [-0.25, -0.2) is 33.4 Å². The number of carbonyl (C=O) groups is 1. The molecule has 12 nitrogen and oxygen atoms in total. The summed E-state index contributed by atoms with van der Waals surface area (Å²) in [6, 6.07) is 14.0. The molecule has 8 rings (SSSR count). The SMILES string of the molecule is Cc1nc2cccc3c2n1C[C@](C)(O)CN(C)C(=O)[C@@H]1C[C@@H](CN1c1ncnc2c1cnn2-c1ccc(F)cc1F)Nc1cccc-3n1. The summed E-state index contributed by atoms with van der Waals surface area (Å²) in [7, 11) is 1.69. The van der Waals surface area contributed by atoms with Gasteiger partial charge in [0.1, 0.15) is 41.3 Å². The van der Waals surface area contributed by atoms with E-state index >= 15 is 0 Å². The minimum atomic E-state index is -1.31. The van der Waals surface area contributed by atoms with Gasteiger partial charge in [-0.1, -0.05) is 18.2 Å². The molecule has 0 spiro atoms. The molecule has 1 saturated heterocycles. The van der Waals surface area contributed by atoms with Gasteiger partial charge in [-0.3, -0.25) is 4.79 Å². The van der Waals surface area contributed by atoms with Crippen LogP contribution in [0.2, 0.25) is 0 Å². The lowest BCUT2D eigenvalue weighted by molar-refractivity contribution is -0.134. The van der Waals surface area contributed by atoms with Crippen molar-refractivity contribution in [3.05, 3.63) is 84.6 Å². The number of aliphatic hydroxyl groups is 1. The molecule has 4 bridgehead atoms. The number of nitrogens with one attached hydrogen (secondary N) is 1. The Hall–Kier alpha value is -5.50. The number of aryl methyl sites for hydroxylation is 1. The highest BCUT2D eigenvalue weighted by Crippen LogP contribution is 2.35. The van der Waals surface area contributed by atoms with Crippen molar-refractivity contribution in [1.82, 2.24) is 39.2 Å². The molecule has 0 aliphatic carbocycles. The smallest absolute Gasteiger partial charge is 0.245 e. The number of para-hydroxylation sites is 1. The third kappa shape index (κ3) is 4.99. The standard InChI is InChI=1S/C34H32F2N10O2/c1-19-40-26-8-4-6-22-25-7-5-9-29(42-25)41-21-13-28(33(47)43(3)16-34(2,48)17-45(19)30(22)26)44(15-21)31-23-14-39-46(32(23)38-18-37-31)27-11-10-20(35)12-24(27)36/h4-12,14,18,21,28,48H,13,15-17H2,1-3H3,(H,41,42)/t21-,28-,34+/m0/s1. The fourth-order valence-electron chi connectivity index (χ4n) is 7.11.